The number of amides is 1. The van der Waals surface area contributed by atoms with E-state index in [0.717, 1.165) is 12.8 Å². The van der Waals surface area contributed by atoms with Gasteiger partial charge in [0.25, 0.3) is 0 Å². The summed E-state index contributed by atoms with van der Waals surface area (Å²) in [5.41, 5.74) is -0.788. The van der Waals surface area contributed by atoms with E-state index in [2.05, 4.69) is 0 Å². The molecule has 1 rings (SSSR count). The highest BCUT2D eigenvalue weighted by molar-refractivity contribution is 5.89. The van der Waals surface area contributed by atoms with E-state index in [9.17, 15) is 9.59 Å². The Morgan fingerprint density at radius 1 is 1.38 bits per heavy atom. The van der Waals surface area contributed by atoms with E-state index in [0.29, 0.717) is 13.0 Å². The Hall–Kier alpha value is -1.06. The number of piperidine rings is 1. The third-order valence-electron chi connectivity index (χ3n) is 2.88. The highest BCUT2D eigenvalue weighted by Gasteiger charge is 2.41. The van der Waals surface area contributed by atoms with Crippen molar-refractivity contribution in [2.24, 2.45) is 0 Å². The molecule has 1 N–H and O–H groups in total. The molecule has 1 amide bonds. The van der Waals surface area contributed by atoms with E-state index < -0.39 is 11.6 Å². The molecular formula is C9H15NO3. The maximum atomic E-state index is 11.3. The van der Waals surface area contributed by atoms with Crippen molar-refractivity contribution in [1.82, 2.24) is 4.90 Å². The summed E-state index contributed by atoms with van der Waals surface area (Å²) >= 11 is 0. The van der Waals surface area contributed by atoms with Crippen LogP contribution in [-0.2, 0) is 4.79 Å². The van der Waals surface area contributed by atoms with Gasteiger partial charge in [-0.05, 0) is 33.1 Å². The molecule has 13 heavy (non-hydrogen) atoms. The molecule has 1 aliphatic heterocycles. The Bertz CT molecular complexity index is 239. The third-order valence-corrected chi connectivity index (χ3v) is 2.88. The van der Waals surface area contributed by atoms with Crippen LogP contribution in [-0.4, -0.2) is 34.0 Å². The quantitative estimate of drug-likeness (QED) is 0.673. The predicted octanol–water partition coefficient (Wildman–Crippen LogP) is 1.50. The van der Waals surface area contributed by atoms with E-state index in [1.165, 1.54) is 11.8 Å². The first-order chi connectivity index (χ1) is 5.98. The predicted molar refractivity (Wildman–Crippen MR) is 47.7 cm³/mol. The molecule has 0 bridgehead atoms. The number of hydrogen-bond acceptors (Lipinski definition) is 2. The third kappa shape index (κ3) is 1.66. The minimum Gasteiger partial charge on any atom is -0.465 e. The van der Waals surface area contributed by atoms with Crippen molar-refractivity contribution in [2.45, 2.75) is 38.6 Å². The fourth-order valence-electron chi connectivity index (χ4n) is 1.79. The fourth-order valence-corrected chi connectivity index (χ4v) is 1.79. The monoisotopic (exact) mass is 185 g/mol. The maximum absolute atomic E-state index is 11.3. The summed E-state index contributed by atoms with van der Waals surface area (Å²) < 4.78 is 0. The van der Waals surface area contributed by atoms with Crippen LogP contribution < -0.4 is 0 Å². The van der Waals surface area contributed by atoms with Crippen LogP contribution in [0, 0.1) is 0 Å². The van der Waals surface area contributed by atoms with Crippen molar-refractivity contribution >= 4 is 11.9 Å². The number of nitrogens with zero attached hydrogens (tertiary/aromatic N) is 1. The molecule has 0 aromatic carbocycles. The van der Waals surface area contributed by atoms with Gasteiger partial charge in [-0.25, -0.2) is 4.79 Å². The minimum atomic E-state index is -0.989. The average molecular weight is 185 g/mol. The van der Waals surface area contributed by atoms with Gasteiger partial charge in [0.15, 0.2) is 5.78 Å². The summed E-state index contributed by atoms with van der Waals surface area (Å²) in [5, 5.41) is 8.90. The van der Waals surface area contributed by atoms with E-state index in [-0.39, 0.29) is 5.78 Å². The van der Waals surface area contributed by atoms with Gasteiger partial charge in [0.05, 0.1) is 0 Å². The zero-order valence-corrected chi connectivity index (χ0v) is 8.04. The number of likely N-dealkylation sites (tertiary alicyclic amines) is 1. The summed E-state index contributed by atoms with van der Waals surface area (Å²) in [6.07, 6.45) is 1.45. The van der Waals surface area contributed by atoms with Crippen LogP contribution in [0.5, 0.6) is 0 Å². The molecule has 1 heterocycles. The highest BCUT2D eigenvalue weighted by atomic mass is 16.4. The first-order valence-electron chi connectivity index (χ1n) is 4.50. The summed E-state index contributed by atoms with van der Waals surface area (Å²) in [4.78, 5) is 23.4. The number of carbonyl (C=O) groups is 2. The molecule has 1 aliphatic rings. The lowest BCUT2D eigenvalue weighted by molar-refractivity contribution is -0.128. The number of rotatable bonds is 1. The van der Waals surface area contributed by atoms with Crippen LogP contribution in [0.2, 0.25) is 0 Å². The van der Waals surface area contributed by atoms with Gasteiger partial charge >= 0.3 is 6.09 Å². The van der Waals surface area contributed by atoms with Gasteiger partial charge in [-0.3, -0.25) is 9.69 Å². The van der Waals surface area contributed by atoms with Crippen LogP contribution in [0.4, 0.5) is 4.79 Å². The second kappa shape index (κ2) is 3.36. The number of hydrogen-bond donors (Lipinski definition) is 1. The second-order valence-electron chi connectivity index (χ2n) is 3.72. The Kier molecular flexibility index (Phi) is 2.59. The van der Waals surface area contributed by atoms with Crippen molar-refractivity contribution in [1.29, 1.82) is 0 Å². The smallest absolute Gasteiger partial charge is 0.408 e. The molecule has 0 spiro atoms. The van der Waals surface area contributed by atoms with E-state index >= 15 is 0 Å². The number of carbonyl (C=O) groups excluding carboxylic acids is 1. The summed E-state index contributed by atoms with van der Waals surface area (Å²) in [6.45, 7) is 3.65. The molecule has 1 fully saturated rings. The topological polar surface area (TPSA) is 57.6 Å². The standard InChI is InChI=1S/C9H15NO3/c1-7(11)9(2)5-3-4-6-10(9)8(12)13/h3-6H2,1-2H3,(H,12,13). The van der Waals surface area contributed by atoms with Crippen molar-refractivity contribution in [2.75, 3.05) is 6.54 Å². The highest BCUT2D eigenvalue weighted by Crippen LogP contribution is 2.28. The van der Waals surface area contributed by atoms with Gasteiger partial charge < -0.3 is 5.11 Å². The van der Waals surface area contributed by atoms with Crippen molar-refractivity contribution < 1.29 is 14.7 Å². The van der Waals surface area contributed by atoms with E-state index in [4.69, 9.17) is 5.11 Å². The zero-order valence-electron chi connectivity index (χ0n) is 8.04. The SMILES string of the molecule is CC(=O)C1(C)CCCCN1C(=O)O. The Morgan fingerprint density at radius 2 is 2.00 bits per heavy atom. The van der Waals surface area contributed by atoms with Crippen molar-refractivity contribution in [3.05, 3.63) is 0 Å². The Morgan fingerprint density at radius 3 is 2.38 bits per heavy atom. The molecule has 0 aliphatic carbocycles. The fraction of sp³-hybridized carbons (Fsp3) is 0.778. The first kappa shape index (κ1) is 10.0. The van der Waals surface area contributed by atoms with Crippen LogP contribution in [0.15, 0.2) is 0 Å². The Labute approximate surface area is 77.5 Å². The molecule has 4 nitrogen and oxygen atoms in total. The minimum absolute atomic E-state index is 0.0606. The van der Waals surface area contributed by atoms with Gasteiger partial charge in [0, 0.05) is 6.54 Å². The largest absolute Gasteiger partial charge is 0.465 e. The number of carboxylic acid groups (broad SMARTS) is 1. The van der Waals surface area contributed by atoms with Crippen molar-refractivity contribution in [3.63, 3.8) is 0 Å². The Balaban J connectivity index is 2.89. The lowest BCUT2D eigenvalue weighted by Crippen LogP contribution is -2.56. The van der Waals surface area contributed by atoms with Crippen LogP contribution in [0.3, 0.4) is 0 Å². The molecule has 4 heteroatoms. The molecular weight excluding hydrogens is 170 g/mol. The lowest BCUT2D eigenvalue weighted by Gasteiger charge is -2.41. The summed E-state index contributed by atoms with van der Waals surface area (Å²) in [6, 6.07) is 0. The zero-order chi connectivity index (χ0) is 10.1. The molecule has 0 saturated carbocycles. The molecule has 0 radical (unpaired) electrons. The number of ketones is 1. The van der Waals surface area contributed by atoms with Crippen LogP contribution in [0.25, 0.3) is 0 Å². The molecule has 74 valence electrons. The van der Waals surface area contributed by atoms with Gasteiger partial charge in [-0.1, -0.05) is 0 Å². The lowest BCUT2D eigenvalue weighted by atomic mass is 9.85. The van der Waals surface area contributed by atoms with E-state index in [1.807, 2.05) is 0 Å². The molecule has 1 atom stereocenters. The van der Waals surface area contributed by atoms with Gasteiger partial charge in [0.2, 0.25) is 0 Å². The van der Waals surface area contributed by atoms with Crippen LogP contribution in [0.1, 0.15) is 33.1 Å². The molecule has 0 aromatic heterocycles. The molecule has 0 aromatic rings. The van der Waals surface area contributed by atoms with Gasteiger partial charge in [0.1, 0.15) is 5.54 Å². The van der Waals surface area contributed by atoms with Gasteiger partial charge in [-0.15, -0.1) is 0 Å². The normalized spacial score (nSPS) is 28.6. The van der Waals surface area contributed by atoms with Crippen LogP contribution >= 0.6 is 0 Å². The molecule has 1 unspecified atom stereocenters. The average Bonchev–Trinajstić information content (AvgIpc) is 2.04. The summed E-state index contributed by atoms with van der Waals surface area (Å²) in [7, 11) is 0. The molecule has 1 saturated heterocycles. The second-order valence-corrected chi connectivity index (χ2v) is 3.72. The summed E-state index contributed by atoms with van der Waals surface area (Å²) in [5.74, 6) is -0.0606. The van der Waals surface area contributed by atoms with E-state index in [1.54, 1.807) is 6.92 Å². The first-order valence-corrected chi connectivity index (χ1v) is 4.50. The van der Waals surface area contributed by atoms with Gasteiger partial charge in [-0.2, -0.15) is 0 Å². The number of Topliss-reactive ketones (excluding diaryl/α,β-unsaturated/α-hetero) is 1. The van der Waals surface area contributed by atoms with Crippen molar-refractivity contribution in [3.8, 4) is 0 Å². The maximum Gasteiger partial charge on any atom is 0.408 e.